The fraction of sp³-hybridized carbons (Fsp3) is 0.900. The van der Waals surface area contributed by atoms with Gasteiger partial charge >= 0.3 is 0 Å². The molecule has 0 bridgehead atoms. The summed E-state index contributed by atoms with van der Waals surface area (Å²) in [5.74, 6) is 1.17. The number of hydrogen-bond donors (Lipinski definition) is 1. The van der Waals surface area contributed by atoms with Gasteiger partial charge in [-0.25, -0.2) is 0 Å². The van der Waals surface area contributed by atoms with Crippen LogP contribution in [0.25, 0.3) is 0 Å². The predicted octanol–water partition coefficient (Wildman–Crippen LogP) is 0.185. The van der Waals surface area contributed by atoms with Crippen molar-refractivity contribution in [3.8, 4) is 0 Å². The first kappa shape index (κ1) is 12.8. The second kappa shape index (κ2) is 6.35. The number of amides is 1. The Bertz CT molecular complexity index is 214. The molecule has 1 aliphatic heterocycles. The highest BCUT2D eigenvalue weighted by molar-refractivity contribution is 7.98. The molecule has 0 aromatic carbocycles. The molecule has 15 heavy (non-hydrogen) atoms. The lowest BCUT2D eigenvalue weighted by Gasteiger charge is -2.20. The van der Waals surface area contributed by atoms with Crippen molar-refractivity contribution in [1.82, 2.24) is 10.2 Å². The van der Waals surface area contributed by atoms with E-state index in [-0.39, 0.29) is 18.1 Å². The van der Waals surface area contributed by atoms with E-state index in [4.69, 9.17) is 4.74 Å². The molecule has 1 aliphatic rings. The van der Waals surface area contributed by atoms with Crippen molar-refractivity contribution in [2.24, 2.45) is 0 Å². The third kappa shape index (κ3) is 3.66. The number of ether oxygens (including phenoxy) is 1. The monoisotopic (exact) mass is 232 g/mol. The van der Waals surface area contributed by atoms with E-state index in [1.165, 1.54) is 0 Å². The first-order valence-electron chi connectivity index (χ1n) is 5.19. The molecule has 1 saturated heterocycles. The standard InChI is InChI=1S/C10H20N2O2S/c1-12(4-5-15-3)10(13)9-6-8(14-2)7-11-9/h8-9,11H,4-7H2,1-3H3. The average Bonchev–Trinajstić information content (AvgIpc) is 2.73. The SMILES string of the molecule is COC1CNC(C(=O)N(C)CCSC)C1. The summed E-state index contributed by atoms with van der Waals surface area (Å²) in [5.41, 5.74) is 0. The Morgan fingerprint density at radius 2 is 2.40 bits per heavy atom. The predicted molar refractivity (Wildman–Crippen MR) is 63.2 cm³/mol. The fourth-order valence-corrected chi connectivity index (χ4v) is 2.13. The van der Waals surface area contributed by atoms with Gasteiger partial charge in [0.2, 0.25) is 5.91 Å². The van der Waals surface area contributed by atoms with Crippen LogP contribution in [0, 0.1) is 0 Å². The van der Waals surface area contributed by atoms with Gasteiger partial charge in [0.05, 0.1) is 12.1 Å². The Labute approximate surface area is 95.7 Å². The Balaban J connectivity index is 2.33. The van der Waals surface area contributed by atoms with Gasteiger partial charge in [0.25, 0.3) is 0 Å². The number of thioether (sulfide) groups is 1. The summed E-state index contributed by atoms with van der Waals surface area (Å²) in [5, 5.41) is 3.19. The summed E-state index contributed by atoms with van der Waals surface area (Å²) in [6.45, 7) is 1.60. The van der Waals surface area contributed by atoms with Gasteiger partial charge in [0.15, 0.2) is 0 Å². The molecular weight excluding hydrogens is 212 g/mol. The van der Waals surface area contributed by atoms with Gasteiger partial charge in [-0.3, -0.25) is 4.79 Å². The average molecular weight is 232 g/mol. The molecule has 1 fully saturated rings. The smallest absolute Gasteiger partial charge is 0.239 e. The minimum atomic E-state index is -0.0539. The number of nitrogens with one attached hydrogen (secondary N) is 1. The number of methoxy groups -OCH3 is 1. The molecule has 88 valence electrons. The van der Waals surface area contributed by atoms with Gasteiger partial charge in [-0.2, -0.15) is 11.8 Å². The van der Waals surface area contributed by atoms with Crippen LogP contribution in [0.4, 0.5) is 0 Å². The molecule has 5 heteroatoms. The lowest BCUT2D eigenvalue weighted by Crippen LogP contribution is -2.42. The number of likely N-dealkylation sites (N-methyl/N-ethyl adjacent to an activating group) is 1. The van der Waals surface area contributed by atoms with Crippen molar-refractivity contribution in [2.45, 2.75) is 18.6 Å². The summed E-state index contributed by atoms with van der Waals surface area (Å²) < 4.78 is 5.22. The molecule has 1 N–H and O–H groups in total. The summed E-state index contributed by atoms with van der Waals surface area (Å²) in [4.78, 5) is 13.7. The van der Waals surface area contributed by atoms with Gasteiger partial charge in [-0.1, -0.05) is 0 Å². The first-order chi connectivity index (χ1) is 7.19. The summed E-state index contributed by atoms with van der Waals surface area (Å²) in [6, 6.07) is -0.0539. The number of carbonyl (C=O) groups is 1. The van der Waals surface area contributed by atoms with E-state index in [1.54, 1.807) is 23.8 Å². The minimum Gasteiger partial charge on any atom is -0.380 e. The van der Waals surface area contributed by atoms with Crippen molar-refractivity contribution in [1.29, 1.82) is 0 Å². The number of hydrogen-bond acceptors (Lipinski definition) is 4. The van der Waals surface area contributed by atoms with E-state index >= 15 is 0 Å². The fourth-order valence-electron chi connectivity index (χ4n) is 1.68. The molecule has 0 aliphatic carbocycles. The van der Waals surface area contributed by atoms with Crippen LogP contribution >= 0.6 is 11.8 Å². The minimum absolute atomic E-state index is 0.0539. The van der Waals surface area contributed by atoms with Crippen LogP contribution in [0.15, 0.2) is 0 Å². The van der Waals surface area contributed by atoms with Crippen molar-refractivity contribution in [2.75, 3.05) is 39.3 Å². The molecule has 2 unspecified atom stereocenters. The van der Waals surface area contributed by atoms with E-state index < -0.39 is 0 Å². The topological polar surface area (TPSA) is 41.6 Å². The Hall–Kier alpha value is -0.260. The maximum Gasteiger partial charge on any atom is 0.239 e. The third-order valence-electron chi connectivity index (χ3n) is 2.73. The Kier molecular flexibility index (Phi) is 5.42. The number of rotatable bonds is 5. The number of nitrogens with zero attached hydrogens (tertiary/aromatic N) is 1. The van der Waals surface area contributed by atoms with Crippen molar-refractivity contribution >= 4 is 17.7 Å². The highest BCUT2D eigenvalue weighted by Gasteiger charge is 2.30. The van der Waals surface area contributed by atoms with E-state index in [9.17, 15) is 4.79 Å². The van der Waals surface area contributed by atoms with Gasteiger partial charge in [0, 0.05) is 33.0 Å². The van der Waals surface area contributed by atoms with E-state index in [1.807, 2.05) is 13.3 Å². The van der Waals surface area contributed by atoms with Crippen molar-refractivity contribution in [3.05, 3.63) is 0 Å². The Morgan fingerprint density at radius 1 is 1.67 bits per heavy atom. The van der Waals surface area contributed by atoms with Crippen LogP contribution in [-0.4, -0.2) is 62.2 Å². The quantitative estimate of drug-likeness (QED) is 0.734. The summed E-state index contributed by atoms with van der Waals surface area (Å²) in [6.07, 6.45) is 3.03. The molecular formula is C10H20N2O2S. The maximum absolute atomic E-state index is 11.9. The zero-order valence-corrected chi connectivity index (χ0v) is 10.5. The van der Waals surface area contributed by atoms with E-state index in [0.717, 1.165) is 25.3 Å². The second-order valence-corrected chi connectivity index (χ2v) is 4.79. The van der Waals surface area contributed by atoms with Crippen molar-refractivity contribution in [3.63, 3.8) is 0 Å². The molecule has 1 rings (SSSR count). The van der Waals surface area contributed by atoms with E-state index in [0.29, 0.717) is 0 Å². The molecule has 1 amide bonds. The van der Waals surface area contributed by atoms with E-state index in [2.05, 4.69) is 5.32 Å². The second-order valence-electron chi connectivity index (χ2n) is 3.81. The highest BCUT2D eigenvalue weighted by Crippen LogP contribution is 2.11. The molecule has 0 saturated carbocycles. The molecule has 2 atom stereocenters. The number of carbonyl (C=O) groups excluding carboxylic acids is 1. The largest absolute Gasteiger partial charge is 0.380 e. The molecule has 4 nitrogen and oxygen atoms in total. The van der Waals surface area contributed by atoms with Gasteiger partial charge in [0.1, 0.15) is 0 Å². The lowest BCUT2D eigenvalue weighted by molar-refractivity contribution is -0.131. The molecule has 0 radical (unpaired) electrons. The molecule has 0 aromatic heterocycles. The van der Waals surface area contributed by atoms with Gasteiger partial charge in [-0.15, -0.1) is 0 Å². The van der Waals surface area contributed by atoms with Crippen LogP contribution in [0.3, 0.4) is 0 Å². The Morgan fingerprint density at radius 3 is 2.93 bits per heavy atom. The van der Waals surface area contributed by atoms with Gasteiger partial charge < -0.3 is 15.0 Å². The summed E-state index contributed by atoms with van der Waals surface area (Å²) in [7, 11) is 3.55. The lowest BCUT2D eigenvalue weighted by atomic mass is 10.2. The third-order valence-corrected chi connectivity index (χ3v) is 3.32. The van der Waals surface area contributed by atoms with Crippen molar-refractivity contribution < 1.29 is 9.53 Å². The zero-order chi connectivity index (χ0) is 11.3. The van der Waals surface area contributed by atoms with Crippen LogP contribution in [0.5, 0.6) is 0 Å². The van der Waals surface area contributed by atoms with Crippen LogP contribution in [-0.2, 0) is 9.53 Å². The zero-order valence-electron chi connectivity index (χ0n) is 9.66. The highest BCUT2D eigenvalue weighted by atomic mass is 32.2. The molecule has 1 heterocycles. The van der Waals surface area contributed by atoms with Gasteiger partial charge in [-0.05, 0) is 12.7 Å². The van der Waals surface area contributed by atoms with Crippen LogP contribution in [0.1, 0.15) is 6.42 Å². The normalized spacial score (nSPS) is 25.5. The molecule has 0 aromatic rings. The first-order valence-corrected chi connectivity index (χ1v) is 6.58. The summed E-state index contributed by atoms with van der Waals surface area (Å²) >= 11 is 1.76. The van der Waals surface area contributed by atoms with Crippen LogP contribution in [0.2, 0.25) is 0 Å². The molecule has 0 spiro atoms. The maximum atomic E-state index is 11.9. The van der Waals surface area contributed by atoms with Crippen LogP contribution < -0.4 is 5.32 Å².